The van der Waals surface area contributed by atoms with E-state index in [1.165, 1.54) is 12.1 Å². The van der Waals surface area contributed by atoms with Crippen LogP contribution < -0.4 is 10.2 Å². The van der Waals surface area contributed by atoms with Crippen LogP contribution in [0.2, 0.25) is 5.02 Å². The van der Waals surface area contributed by atoms with E-state index in [4.69, 9.17) is 11.6 Å². The zero-order chi connectivity index (χ0) is 12.9. The molecule has 2 heterocycles. The topological polar surface area (TPSA) is 49.4 Å². The largest absolute Gasteiger partial charge is 0.356 e. The molecule has 18 heavy (non-hydrogen) atoms. The van der Waals surface area contributed by atoms with E-state index in [1.807, 2.05) is 0 Å². The lowest BCUT2D eigenvalue weighted by atomic mass is 10.1. The Labute approximate surface area is 111 Å². The van der Waals surface area contributed by atoms with E-state index in [2.05, 4.69) is 5.32 Å². The van der Waals surface area contributed by atoms with Gasteiger partial charge in [-0.2, -0.15) is 0 Å². The molecule has 7 heteroatoms. The van der Waals surface area contributed by atoms with Gasteiger partial charge < -0.3 is 10.2 Å². The van der Waals surface area contributed by atoms with Gasteiger partial charge in [-0.1, -0.05) is 11.6 Å². The first kappa shape index (κ1) is 11.9. The molecule has 2 unspecified atom stereocenters. The fourth-order valence-corrected chi connectivity index (χ4v) is 3.72. The molecule has 0 radical (unpaired) electrons. The Bertz CT molecular complexity index is 566. The summed E-state index contributed by atoms with van der Waals surface area (Å²) < 4.78 is 25.0. The highest BCUT2D eigenvalue weighted by Gasteiger charge is 2.37. The van der Waals surface area contributed by atoms with Gasteiger partial charge in [0.1, 0.15) is 11.9 Å². The second kappa shape index (κ2) is 4.20. The van der Waals surface area contributed by atoms with E-state index in [9.17, 15) is 13.4 Å². The van der Waals surface area contributed by atoms with Crippen molar-refractivity contribution in [3.05, 3.63) is 23.0 Å². The number of anilines is 2. The lowest BCUT2D eigenvalue weighted by Crippen LogP contribution is -2.55. The highest BCUT2D eigenvalue weighted by Crippen LogP contribution is 2.36. The van der Waals surface area contributed by atoms with Crippen molar-refractivity contribution in [3.8, 4) is 0 Å². The Morgan fingerprint density at radius 3 is 3.06 bits per heavy atom. The van der Waals surface area contributed by atoms with Gasteiger partial charge in [0.05, 0.1) is 22.2 Å². The molecule has 1 aromatic carbocycles. The monoisotopic (exact) mass is 288 g/mol. The summed E-state index contributed by atoms with van der Waals surface area (Å²) in [5, 5.41) is 2.66. The SMILES string of the molecule is O=C1Nc2cc(Cl)c(F)cc2N2CCS(=O)CC12. The minimum Gasteiger partial charge on any atom is -0.356 e. The second-order valence-electron chi connectivity index (χ2n) is 4.29. The molecule has 0 aliphatic carbocycles. The molecular formula is C11H10ClFN2O2S. The molecule has 96 valence electrons. The maximum absolute atomic E-state index is 13.5. The number of rotatable bonds is 0. The average Bonchev–Trinajstić information content (AvgIpc) is 2.32. The van der Waals surface area contributed by atoms with Crippen molar-refractivity contribution in [3.63, 3.8) is 0 Å². The van der Waals surface area contributed by atoms with Gasteiger partial charge in [0, 0.05) is 29.2 Å². The highest BCUT2D eigenvalue weighted by molar-refractivity contribution is 7.85. The van der Waals surface area contributed by atoms with Crippen LogP contribution in [0.5, 0.6) is 0 Å². The zero-order valence-corrected chi connectivity index (χ0v) is 10.9. The molecule has 2 aliphatic heterocycles. The van der Waals surface area contributed by atoms with Crippen LogP contribution in [0.4, 0.5) is 15.8 Å². The third kappa shape index (κ3) is 1.80. The van der Waals surface area contributed by atoms with Gasteiger partial charge >= 0.3 is 0 Å². The maximum atomic E-state index is 13.5. The first-order chi connectivity index (χ1) is 8.56. The second-order valence-corrected chi connectivity index (χ2v) is 6.32. The Morgan fingerprint density at radius 2 is 2.28 bits per heavy atom. The van der Waals surface area contributed by atoms with Gasteiger partial charge in [0.15, 0.2) is 0 Å². The van der Waals surface area contributed by atoms with Crippen molar-refractivity contribution < 1.29 is 13.4 Å². The number of hydrogen-bond acceptors (Lipinski definition) is 3. The quantitative estimate of drug-likeness (QED) is 0.784. The summed E-state index contributed by atoms with van der Waals surface area (Å²) in [5.74, 6) is 0.0541. The Balaban J connectivity index is 2.08. The van der Waals surface area contributed by atoms with Gasteiger partial charge in [-0.05, 0) is 6.07 Å². The summed E-state index contributed by atoms with van der Waals surface area (Å²) >= 11 is 5.70. The lowest BCUT2D eigenvalue weighted by Gasteiger charge is -2.40. The van der Waals surface area contributed by atoms with E-state index in [0.29, 0.717) is 23.7 Å². The zero-order valence-electron chi connectivity index (χ0n) is 9.28. The van der Waals surface area contributed by atoms with E-state index in [-0.39, 0.29) is 16.7 Å². The fourth-order valence-electron chi connectivity index (χ4n) is 2.30. The van der Waals surface area contributed by atoms with Gasteiger partial charge in [-0.25, -0.2) is 4.39 Å². The normalized spacial score (nSPS) is 26.3. The van der Waals surface area contributed by atoms with Crippen molar-refractivity contribution in [2.24, 2.45) is 0 Å². The number of carbonyl (C=O) groups excluding carboxylic acids is 1. The Morgan fingerprint density at radius 1 is 1.50 bits per heavy atom. The predicted molar refractivity (Wildman–Crippen MR) is 69.1 cm³/mol. The Hall–Kier alpha value is -1.14. The van der Waals surface area contributed by atoms with Crippen LogP contribution in [0.3, 0.4) is 0 Å². The molecule has 0 spiro atoms. The summed E-state index contributed by atoms with van der Waals surface area (Å²) in [6, 6.07) is 2.25. The van der Waals surface area contributed by atoms with Crippen LogP contribution in [-0.4, -0.2) is 34.2 Å². The third-order valence-corrected chi connectivity index (χ3v) is 4.80. The predicted octanol–water partition coefficient (Wildman–Crippen LogP) is 1.37. The van der Waals surface area contributed by atoms with Gasteiger partial charge in [-0.15, -0.1) is 0 Å². The smallest absolute Gasteiger partial charge is 0.248 e. The van der Waals surface area contributed by atoms with Crippen LogP contribution >= 0.6 is 11.6 Å². The standard InChI is InChI=1S/C11H10ClFN2O2S/c12-6-3-8-9(4-7(6)13)15-1-2-18(17)5-10(15)11(16)14-8/h3-4,10H,1-2,5H2,(H,14,16). The van der Waals surface area contributed by atoms with Crippen molar-refractivity contribution in [1.29, 1.82) is 0 Å². The molecular weight excluding hydrogens is 279 g/mol. The molecule has 1 saturated heterocycles. The molecule has 2 aliphatic rings. The molecule has 4 nitrogen and oxygen atoms in total. The molecule has 2 atom stereocenters. The summed E-state index contributed by atoms with van der Waals surface area (Å²) in [5.41, 5.74) is 1.12. The molecule has 0 saturated carbocycles. The summed E-state index contributed by atoms with van der Waals surface area (Å²) in [7, 11) is -0.988. The van der Waals surface area contributed by atoms with E-state index in [1.54, 1.807) is 4.90 Å². The number of nitrogens with one attached hydrogen (secondary N) is 1. The van der Waals surface area contributed by atoms with Crippen LogP contribution in [0.15, 0.2) is 12.1 Å². The number of carbonyl (C=O) groups is 1. The summed E-state index contributed by atoms with van der Waals surface area (Å²) in [6.45, 7) is 0.485. The fraction of sp³-hybridized carbons (Fsp3) is 0.364. The first-order valence-electron chi connectivity index (χ1n) is 5.48. The van der Waals surface area contributed by atoms with Crippen LogP contribution in [0.1, 0.15) is 0 Å². The first-order valence-corrected chi connectivity index (χ1v) is 7.34. The number of benzene rings is 1. The summed E-state index contributed by atoms with van der Waals surface area (Å²) in [6.07, 6.45) is 0. The molecule has 0 aromatic heterocycles. The van der Waals surface area contributed by atoms with Crippen molar-refractivity contribution in [2.45, 2.75) is 6.04 Å². The van der Waals surface area contributed by atoms with Crippen LogP contribution in [-0.2, 0) is 15.6 Å². The highest BCUT2D eigenvalue weighted by atomic mass is 35.5. The number of hydrogen-bond donors (Lipinski definition) is 1. The molecule has 1 fully saturated rings. The number of amides is 1. The van der Waals surface area contributed by atoms with E-state index < -0.39 is 22.7 Å². The van der Waals surface area contributed by atoms with Gasteiger partial charge in [-0.3, -0.25) is 9.00 Å². The van der Waals surface area contributed by atoms with Gasteiger partial charge in [0.2, 0.25) is 5.91 Å². The third-order valence-electron chi connectivity index (χ3n) is 3.19. The van der Waals surface area contributed by atoms with Crippen LogP contribution in [0.25, 0.3) is 0 Å². The van der Waals surface area contributed by atoms with Crippen molar-refractivity contribution in [2.75, 3.05) is 28.3 Å². The number of halogens is 2. The number of nitrogens with zero attached hydrogens (tertiary/aromatic N) is 1. The summed E-state index contributed by atoms with van der Waals surface area (Å²) in [4.78, 5) is 13.7. The van der Waals surface area contributed by atoms with Crippen molar-refractivity contribution in [1.82, 2.24) is 0 Å². The minimum absolute atomic E-state index is 0.0203. The number of fused-ring (bicyclic) bond motifs is 3. The van der Waals surface area contributed by atoms with E-state index in [0.717, 1.165) is 0 Å². The molecule has 1 amide bonds. The lowest BCUT2D eigenvalue weighted by molar-refractivity contribution is -0.117. The van der Waals surface area contributed by atoms with Gasteiger partial charge in [0.25, 0.3) is 0 Å². The van der Waals surface area contributed by atoms with Crippen LogP contribution in [0, 0.1) is 5.82 Å². The average molecular weight is 289 g/mol. The molecule has 3 rings (SSSR count). The molecule has 0 bridgehead atoms. The maximum Gasteiger partial charge on any atom is 0.248 e. The minimum atomic E-state index is -0.988. The Kier molecular flexibility index (Phi) is 2.79. The molecule has 1 N–H and O–H groups in total. The molecule has 1 aromatic rings. The van der Waals surface area contributed by atoms with E-state index >= 15 is 0 Å². The van der Waals surface area contributed by atoms with Crippen molar-refractivity contribution >= 4 is 39.7 Å².